The lowest BCUT2D eigenvalue weighted by Crippen LogP contribution is -2.42. The van der Waals surface area contributed by atoms with E-state index in [0.29, 0.717) is 6.61 Å². The molecule has 1 aliphatic heterocycles. The first-order valence-corrected chi connectivity index (χ1v) is 15.3. The van der Waals surface area contributed by atoms with Crippen LogP contribution in [-0.4, -0.2) is 27.4 Å². The molecule has 3 nitrogen and oxygen atoms in total. The Labute approximate surface area is 193 Å². The molecule has 0 aromatic heterocycles. The highest BCUT2D eigenvalue weighted by Gasteiger charge is 2.35. The van der Waals surface area contributed by atoms with E-state index in [1.54, 1.807) is 0 Å². The standard InChI is InChI=1S/C26H37NO2SSi/c1-7-22-23(14-11-15-24(22)30-19-20-12-9-8-10-13-20)27-17-16-21(25(27)28)18-29-31(5,6)26(2,3)4/h8-15,21H,7,16-19H2,1-6H3/q-1/t21-/m1/s1. The molecule has 2 aromatic rings. The maximum atomic E-state index is 13.3. The van der Waals surface area contributed by atoms with E-state index in [9.17, 15) is 4.79 Å². The minimum atomic E-state index is -1.85. The average Bonchev–Trinajstić information content (AvgIpc) is 3.10. The third-order valence-electron chi connectivity index (χ3n) is 6.76. The van der Waals surface area contributed by atoms with Gasteiger partial charge in [0.25, 0.3) is 0 Å². The smallest absolute Gasteiger partial charge is 0.232 e. The zero-order valence-electron chi connectivity index (χ0n) is 19.9. The molecule has 0 bridgehead atoms. The van der Waals surface area contributed by atoms with E-state index in [-0.39, 0.29) is 16.9 Å². The average molecular weight is 456 g/mol. The van der Waals surface area contributed by atoms with E-state index >= 15 is 0 Å². The maximum Gasteiger partial charge on any atom is 0.232 e. The highest BCUT2D eigenvalue weighted by Crippen LogP contribution is 2.39. The normalized spacial score (nSPS) is 17.4. The quantitative estimate of drug-likeness (QED) is 0.320. The number of nitrogens with zero attached hydrogens (tertiary/aromatic N) is 1. The maximum absolute atomic E-state index is 13.3. The molecular weight excluding hydrogens is 418 g/mol. The molecule has 3 rings (SSSR count). The summed E-state index contributed by atoms with van der Waals surface area (Å²) >= 11 is 1.86. The van der Waals surface area contributed by atoms with Gasteiger partial charge < -0.3 is 9.33 Å². The van der Waals surface area contributed by atoms with E-state index in [4.69, 9.17) is 4.43 Å². The predicted molar refractivity (Wildman–Crippen MR) is 135 cm³/mol. The van der Waals surface area contributed by atoms with Crippen LogP contribution in [-0.2, 0) is 21.4 Å². The first-order chi connectivity index (χ1) is 14.6. The summed E-state index contributed by atoms with van der Waals surface area (Å²) < 4.78 is 6.39. The zero-order valence-corrected chi connectivity index (χ0v) is 21.7. The van der Waals surface area contributed by atoms with Crippen LogP contribution in [0, 0.1) is 5.92 Å². The second-order valence-electron chi connectivity index (χ2n) is 9.93. The van der Waals surface area contributed by atoms with Crippen molar-refractivity contribution in [2.45, 2.75) is 69.3 Å². The van der Waals surface area contributed by atoms with Crippen molar-refractivity contribution in [2.75, 3.05) is 18.1 Å². The third-order valence-corrected chi connectivity index (χ3v) is 12.4. The lowest BCUT2D eigenvalue weighted by molar-refractivity contribution is -0.121. The number of anilines is 1. The Morgan fingerprint density at radius 2 is 1.81 bits per heavy atom. The fourth-order valence-corrected chi connectivity index (χ4v) is 5.85. The number of rotatable bonds is 8. The minimum absolute atomic E-state index is 0.0283. The summed E-state index contributed by atoms with van der Waals surface area (Å²) in [6, 6.07) is 16.9. The van der Waals surface area contributed by atoms with Gasteiger partial charge in [0.2, 0.25) is 5.91 Å². The Bertz CT molecular complexity index is 892. The van der Waals surface area contributed by atoms with Crippen LogP contribution in [0.4, 0.5) is 5.69 Å². The molecular formula is C26H37NO2SSi-. The van der Waals surface area contributed by atoms with Crippen LogP contribution >= 0.6 is 11.8 Å². The molecule has 1 fully saturated rings. The SMILES string of the molecule is CCc1c(SCc2ccccc2)cccc1N1CC[C@H](CO[Si-](C)(C)C(C)(C)C)C1=O. The summed E-state index contributed by atoms with van der Waals surface area (Å²) in [6.07, 6.45) is 1.79. The van der Waals surface area contributed by atoms with Gasteiger partial charge in [0.05, 0.1) is 5.92 Å². The number of thioether (sulfide) groups is 1. The van der Waals surface area contributed by atoms with Gasteiger partial charge in [-0.05, 0) is 44.4 Å². The van der Waals surface area contributed by atoms with Gasteiger partial charge in [0.15, 0.2) is 0 Å². The summed E-state index contributed by atoms with van der Waals surface area (Å²) in [5, 5.41) is 0.161. The van der Waals surface area contributed by atoms with Gasteiger partial charge in [-0.15, -0.1) is 29.9 Å². The Morgan fingerprint density at radius 3 is 2.45 bits per heavy atom. The highest BCUT2D eigenvalue weighted by molar-refractivity contribution is 7.98. The first kappa shape index (κ1) is 24.1. The Hall–Kier alpha value is -1.56. The Morgan fingerprint density at radius 1 is 1.10 bits per heavy atom. The molecule has 1 saturated heterocycles. The molecule has 1 aliphatic rings. The van der Waals surface area contributed by atoms with Crippen LogP contribution in [0.1, 0.15) is 45.2 Å². The molecule has 2 aromatic carbocycles. The molecule has 0 N–H and O–H groups in total. The van der Waals surface area contributed by atoms with Crippen molar-refractivity contribution in [3.63, 3.8) is 0 Å². The van der Waals surface area contributed by atoms with E-state index in [1.165, 1.54) is 16.0 Å². The lowest BCUT2D eigenvalue weighted by atomic mass is 10.1. The molecule has 5 heteroatoms. The summed E-state index contributed by atoms with van der Waals surface area (Å²) in [5.74, 6) is 1.13. The number of carbonyl (C=O) groups is 1. The van der Waals surface area contributed by atoms with Crippen molar-refractivity contribution in [3.05, 3.63) is 59.7 Å². The van der Waals surface area contributed by atoms with Crippen LogP contribution in [0.3, 0.4) is 0 Å². The van der Waals surface area contributed by atoms with Crippen LogP contribution in [0.5, 0.6) is 0 Å². The zero-order chi connectivity index (χ0) is 22.6. The molecule has 169 valence electrons. The fourth-order valence-electron chi connectivity index (χ4n) is 3.69. The van der Waals surface area contributed by atoms with Crippen molar-refractivity contribution in [1.29, 1.82) is 0 Å². The molecule has 0 radical (unpaired) electrons. The largest absolute Gasteiger partial charge is 0.564 e. The molecule has 31 heavy (non-hydrogen) atoms. The third kappa shape index (κ3) is 5.63. The second kappa shape index (κ2) is 9.93. The van der Waals surface area contributed by atoms with Gasteiger partial charge in [0, 0.05) is 29.5 Å². The van der Waals surface area contributed by atoms with Crippen LogP contribution in [0.25, 0.3) is 0 Å². The number of benzene rings is 2. The minimum Gasteiger partial charge on any atom is -0.564 e. The molecule has 1 amide bonds. The van der Waals surface area contributed by atoms with Crippen LogP contribution in [0.15, 0.2) is 53.4 Å². The van der Waals surface area contributed by atoms with Gasteiger partial charge in [0.1, 0.15) is 0 Å². The van der Waals surface area contributed by atoms with Gasteiger partial charge in [-0.3, -0.25) is 4.79 Å². The number of amides is 1. The van der Waals surface area contributed by atoms with Crippen molar-refractivity contribution in [1.82, 2.24) is 0 Å². The predicted octanol–water partition coefficient (Wildman–Crippen LogP) is 6.92. The summed E-state index contributed by atoms with van der Waals surface area (Å²) in [6.45, 7) is 14.8. The Balaban J connectivity index is 1.72. The van der Waals surface area contributed by atoms with Crippen LogP contribution in [0.2, 0.25) is 18.1 Å². The number of hydrogen-bond acceptors (Lipinski definition) is 3. The van der Waals surface area contributed by atoms with E-state index in [2.05, 4.69) is 89.3 Å². The number of carbonyl (C=O) groups excluding carboxylic acids is 1. The van der Waals surface area contributed by atoms with Gasteiger partial charge >= 0.3 is 0 Å². The van der Waals surface area contributed by atoms with E-state index in [0.717, 1.165) is 30.8 Å². The molecule has 0 saturated carbocycles. The summed E-state index contributed by atoms with van der Waals surface area (Å²) in [7, 11) is -1.85. The molecule has 0 unspecified atom stereocenters. The number of hydrogen-bond donors (Lipinski definition) is 0. The van der Waals surface area contributed by atoms with Gasteiger partial charge in [-0.1, -0.05) is 64.1 Å². The van der Waals surface area contributed by atoms with Gasteiger partial charge in [-0.2, -0.15) is 0 Å². The summed E-state index contributed by atoms with van der Waals surface area (Å²) in [4.78, 5) is 16.6. The van der Waals surface area contributed by atoms with E-state index in [1.807, 2.05) is 16.7 Å². The highest BCUT2D eigenvalue weighted by atomic mass is 32.2. The topological polar surface area (TPSA) is 29.5 Å². The van der Waals surface area contributed by atoms with E-state index < -0.39 is 8.32 Å². The molecule has 0 spiro atoms. The Kier molecular flexibility index (Phi) is 7.71. The van der Waals surface area contributed by atoms with Crippen molar-refractivity contribution < 1.29 is 9.22 Å². The van der Waals surface area contributed by atoms with Crippen molar-refractivity contribution in [2.24, 2.45) is 5.92 Å². The van der Waals surface area contributed by atoms with Crippen molar-refractivity contribution in [3.8, 4) is 0 Å². The summed E-state index contributed by atoms with van der Waals surface area (Å²) in [5.41, 5.74) is 3.68. The molecule has 0 aliphatic carbocycles. The monoisotopic (exact) mass is 455 g/mol. The molecule has 1 heterocycles. The lowest BCUT2D eigenvalue weighted by Gasteiger charge is -2.48. The second-order valence-corrected chi connectivity index (χ2v) is 15.8. The van der Waals surface area contributed by atoms with Crippen molar-refractivity contribution >= 4 is 31.7 Å². The van der Waals surface area contributed by atoms with Crippen LogP contribution < -0.4 is 4.90 Å². The molecule has 1 atom stereocenters. The fraction of sp³-hybridized carbons (Fsp3) is 0.500. The first-order valence-electron chi connectivity index (χ1n) is 11.4. The van der Waals surface area contributed by atoms with Gasteiger partial charge in [-0.25, -0.2) is 0 Å².